The third-order valence-electron chi connectivity index (χ3n) is 3.82. The van der Waals surface area contributed by atoms with Gasteiger partial charge < -0.3 is 5.73 Å². The summed E-state index contributed by atoms with van der Waals surface area (Å²) in [6.07, 6.45) is 5.64. The topological polar surface area (TPSA) is 85.1 Å². The Balaban J connectivity index is 1.74. The Labute approximate surface area is 149 Å². The molecule has 0 radical (unpaired) electrons. The molecule has 0 saturated heterocycles. The van der Waals surface area contributed by atoms with Crippen molar-refractivity contribution in [1.82, 2.24) is 4.98 Å². The first-order valence-electron chi connectivity index (χ1n) is 7.93. The van der Waals surface area contributed by atoms with Crippen molar-refractivity contribution in [3.8, 4) is 0 Å². The number of thiazole rings is 1. The third-order valence-corrected chi connectivity index (χ3v) is 5.99. The molecule has 5 nitrogen and oxygen atoms in total. The molecule has 0 fully saturated rings. The number of thioether (sulfide) groups is 1. The number of benzene rings is 1. The van der Waals surface area contributed by atoms with Crippen LogP contribution in [0.4, 0.5) is 5.13 Å². The first-order chi connectivity index (χ1) is 11.6. The molecule has 0 atom stereocenters. The molecule has 1 aromatic heterocycles. The second-order valence-electron chi connectivity index (χ2n) is 5.65. The molecule has 0 bridgehead atoms. The van der Waals surface area contributed by atoms with Crippen LogP contribution in [0.5, 0.6) is 0 Å². The van der Waals surface area contributed by atoms with Crippen LogP contribution in [0.1, 0.15) is 40.2 Å². The first-order valence-corrected chi connectivity index (χ1v) is 9.74. The van der Waals surface area contributed by atoms with Gasteiger partial charge in [-0.1, -0.05) is 18.6 Å². The molecule has 126 valence electrons. The number of nitrogens with two attached hydrogens (primary N) is 1. The Kier molecular flexibility index (Phi) is 5.52. The van der Waals surface area contributed by atoms with Crippen LogP contribution in [0.25, 0.3) is 0 Å². The van der Waals surface area contributed by atoms with E-state index in [-0.39, 0.29) is 11.7 Å². The molecule has 24 heavy (non-hydrogen) atoms. The molecule has 3 rings (SSSR count). The number of fused-ring (bicyclic) bond motifs is 1. The van der Waals surface area contributed by atoms with E-state index in [1.165, 1.54) is 29.5 Å². The number of nitrogens with one attached hydrogen (secondary N) is 1. The summed E-state index contributed by atoms with van der Waals surface area (Å²) in [6, 6.07) is 7.21. The lowest BCUT2D eigenvalue weighted by Crippen LogP contribution is -2.15. The molecule has 0 saturated carbocycles. The molecule has 3 N–H and O–H groups in total. The Morgan fingerprint density at radius 3 is 2.83 bits per heavy atom. The number of carbonyl (C=O) groups excluding carboxylic acids is 2. The minimum atomic E-state index is -0.404. The molecule has 1 heterocycles. The smallest absolute Gasteiger partial charge is 0.258 e. The number of carbonyl (C=O) groups is 2. The summed E-state index contributed by atoms with van der Waals surface area (Å²) >= 11 is 2.84. The average Bonchev–Trinajstić information content (AvgIpc) is 2.81. The van der Waals surface area contributed by atoms with E-state index in [1.54, 1.807) is 23.5 Å². The maximum absolute atomic E-state index is 12.6. The Morgan fingerprint density at radius 1 is 1.21 bits per heavy atom. The molecule has 0 spiro atoms. The van der Waals surface area contributed by atoms with Crippen LogP contribution < -0.4 is 11.1 Å². The molecule has 1 aliphatic carbocycles. The van der Waals surface area contributed by atoms with Gasteiger partial charge in [0.25, 0.3) is 5.91 Å². The fraction of sp³-hybridized carbons (Fsp3) is 0.353. The summed E-state index contributed by atoms with van der Waals surface area (Å²) < 4.78 is 0. The van der Waals surface area contributed by atoms with Crippen molar-refractivity contribution in [2.75, 3.05) is 11.1 Å². The first kappa shape index (κ1) is 17.0. The average molecular weight is 361 g/mol. The molecular weight excluding hydrogens is 342 g/mol. The molecule has 7 heteroatoms. The Morgan fingerprint density at radius 2 is 2.00 bits per heavy atom. The number of primary amides is 1. The van der Waals surface area contributed by atoms with E-state index in [1.807, 2.05) is 12.1 Å². The summed E-state index contributed by atoms with van der Waals surface area (Å²) in [5.74, 6) is -0.458. The number of hydrogen-bond acceptors (Lipinski definition) is 5. The van der Waals surface area contributed by atoms with E-state index in [4.69, 9.17) is 5.73 Å². The second-order valence-corrected chi connectivity index (χ2v) is 7.76. The number of amides is 2. The van der Waals surface area contributed by atoms with Gasteiger partial charge >= 0.3 is 0 Å². The van der Waals surface area contributed by atoms with Crippen LogP contribution in [0.3, 0.4) is 0 Å². The maximum Gasteiger partial charge on any atom is 0.258 e. The number of aryl methyl sites for hydroxylation is 2. The monoisotopic (exact) mass is 361 g/mol. The Hall–Kier alpha value is -1.86. The normalized spacial score (nSPS) is 13.8. The van der Waals surface area contributed by atoms with Crippen LogP contribution in [-0.2, 0) is 17.6 Å². The highest BCUT2D eigenvalue weighted by Gasteiger charge is 2.17. The standard InChI is InChI=1S/C17H19N3O2S2/c18-15(21)10-23-13-8-5-4-6-11(13)16(22)20-17-19-12-7-2-1-3-9-14(12)24-17/h4-6,8H,1-3,7,9-10H2,(H2,18,21)(H,19,20,22). The number of hydrogen-bond donors (Lipinski definition) is 2. The summed E-state index contributed by atoms with van der Waals surface area (Å²) in [5.41, 5.74) is 6.86. The van der Waals surface area contributed by atoms with Crippen LogP contribution in [0, 0.1) is 0 Å². The van der Waals surface area contributed by atoms with E-state index in [0.717, 1.165) is 29.9 Å². The van der Waals surface area contributed by atoms with E-state index in [0.29, 0.717) is 10.7 Å². The van der Waals surface area contributed by atoms with E-state index < -0.39 is 5.91 Å². The minimum absolute atomic E-state index is 0.149. The molecule has 0 unspecified atom stereocenters. The molecule has 1 aliphatic rings. The fourth-order valence-electron chi connectivity index (χ4n) is 2.68. The van der Waals surface area contributed by atoms with Gasteiger partial charge in [0, 0.05) is 9.77 Å². The van der Waals surface area contributed by atoms with Gasteiger partial charge in [-0.3, -0.25) is 14.9 Å². The summed E-state index contributed by atoms with van der Waals surface area (Å²) in [4.78, 5) is 30.2. The van der Waals surface area contributed by atoms with Gasteiger partial charge in [-0.2, -0.15) is 0 Å². The minimum Gasteiger partial charge on any atom is -0.369 e. The predicted octanol–water partition coefficient (Wildman–Crippen LogP) is 3.24. The lowest BCUT2D eigenvalue weighted by molar-refractivity contribution is -0.115. The zero-order valence-corrected chi connectivity index (χ0v) is 14.8. The van der Waals surface area contributed by atoms with Crippen molar-refractivity contribution in [3.05, 3.63) is 40.4 Å². The second kappa shape index (κ2) is 7.81. The highest BCUT2D eigenvalue weighted by molar-refractivity contribution is 8.00. The van der Waals surface area contributed by atoms with Crippen molar-refractivity contribution in [2.24, 2.45) is 5.73 Å². The molecule has 0 aliphatic heterocycles. The summed E-state index contributed by atoms with van der Waals surface area (Å²) in [5, 5.41) is 3.56. The van der Waals surface area contributed by atoms with Crippen LogP contribution in [-0.4, -0.2) is 22.6 Å². The summed E-state index contributed by atoms with van der Waals surface area (Å²) in [7, 11) is 0. The predicted molar refractivity (Wildman–Crippen MR) is 97.7 cm³/mol. The van der Waals surface area contributed by atoms with Crippen molar-refractivity contribution < 1.29 is 9.59 Å². The zero-order chi connectivity index (χ0) is 16.9. The van der Waals surface area contributed by atoms with E-state index in [9.17, 15) is 9.59 Å². The van der Waals surface area contributed by atoms with Gasteiger partial charge in [0.2, 0.25) is 5.91 Å². The fourth-order valence-corrected chi connectivity index (χ4v) is 4.51. The van der Waals surface area contributed by atoms with E-state index in [2.05, 4.69) is 10.3 Å². The van der Waals surface area contributed by atoms with Gasteiger partial charge in [-0.05, 0) is 37.8 Å². The highest BCUT2D eigenvalue weighted by Crippen LogP contribution is 2.30. The third kappa shape index (κ3) is 4.15. The van der Waals surface area contributed by atoms with Crippen molar-refractivity contribution in [2.45, 2.75) is 37.0 Å². The lowest BCUT2D eigenvalue weighted by atomic mass is 10.2. The molecule has 1 aromatic carbocycles. The van der Waals surface area contributed by atoms with E-state index >= 15 is 0 Å². The van der Waals surface area contributed by atoms with Crippen LogP contribution in [0.2, 0.25) is 0 Å². The number of nitrogens with zero attached hydrogens (tertiary/aromatic N) is 1. The molecule has 2 aromatic rings. The molecular formula is C17H19N3O2S2. The van der Waals surface area contributed by atoms with Gasteiger partial charge in [0.05, 0.1) is 17.0 Å². The SMILES string of the molecule is NC(=O)CSc1ccccc1C(=O)Nc1nc2c(s1)CCCCC2. The Bertz CT molecular complexity index is 735. The van der Waals surface area contributed by atoms with Crippen molar-refractivity contribution in [3.63, 3.8) is 0 Å². The summed E-state index contributed by atoms with van der Waals surface area (Å²) in [6.45, 7) is 0. The van der Waals surface area contributed by atoms with Crippen molar-refractivity contribution in [1.29, 1.82) is 0 Å². The van der Waals surface area contributed by atoms with Gasteiger partial charge in [0.15, 0.2) is 5.13 Å². The van der Waals surface area contributed by atoms with Crippen molar-refractivity contribution >= 4 is 40.0 Å². The maximum atomic E-state index is 12.6. The quantitative estimate of drug-likeness (QED) is 0.632. The molecule has 2 amide bonds. The highest BCUT2D eigenvalue weighted by atomic mass is 32.2. The number of rotatable bonds is 5. The number of anilines is 1. The number of aromatic nitrogens is 1. The van der Waals surface area contributed by atoms with Gasteiger partial charge in [-0.25, -0.2) is 4.98 Å². The van der Waals surface area contributed by atoms with Crippen LogP contribution >= 0.6 is 23.1 Å². The van der Waals surface area contributed by atoms with Gasteiger partial charge in [0.1, 0.15) is 0 Å². The van der Waals surface area contributed by atoms with Gasteiger partial charge in [-0.15, -0.1) is 23.1 Å². The lowest BCUT2D eigenvalue weighted by Gasteiger charge is -2.07. The van der Waals surface area contributed by atoms with Crippen LogP contribution in [0.15, 0.2) is 29.2 Å². The largest absolute Gasteiger partial charge is 0.369 e. The zero-order valence-electron chi connectivity index (χ0n) is 13.2.